The highest BCUT2D eigenvalue weighted by Gasteiger charge is 2.32. The molecule has 1 aromatic rings. The highest BCUT2D eigenvalue weighted by atomic mass is 32.2. The average Bonchev–Trinajstić information content (AvgIpc) is 2.80. The van der Waals surface area contributed by atoms with Gasteiger partial charge in [0.2, 0.25) is 10.0 Å². The number of hydrogen-bond acceptors (Lipinski definition) is 5. The van der Waals surface area contributed by atoms with Crippen molar-refractivity contribution in [1.82, 2.24) is 14.1 Å². The van der Waals surface area contributed by atoms with Crippen LogP contribution >= 0.6 is 0 Å². The molecule has 3 aliphatic rings. The van der Waals surface area contributed by atoms with Gasteiger partial charge in [0.15, 0.2) is 0 Å². The molecule has 0 unspecified atom stereocenters. The van der Waals surface area contributed by atoms with Crippen LogP contribution < -0.4 is 4.90 Å². The maximum atomic E-state index is 13.6. The normalized spacial score (nSPS) is 22.3. The second-order valence-corrected chi connectivity index (χ2v) is 10.7. The lowest BCUT2D eigenvalue weighted by molar-refractivity contribution is 0.0664. The summed E-state index contributed by atoms with van der Waals surface area (Å²) in [4.78, 5) is 19.7. The van der Waals surface area contributed by atoms with Crippen molar-refractivity contribution in [1.29, 1.82) is 0 Å². The molecule has 0 atom stereocenters. The van der Waals surface area contributed by atoms with Crippen molar-refractivity contribution >= 4 is 21.6 Å². The summed E-state index contributed by atoms with van der Waals surface area (Å²) >= 11 is 0. The van der Waals surface area contributed by atoms with Crippen LogP contribution in [0.4, 0.5) is 5.69 Å². The Morgan fingerprint density at radius 2 is 1.40 bits per heavy atom. The molecule has 0 bridgehead atoms. The first-order valence-electron chi connectivity index (χ1n) is 11.3. The molecule has 3 aliphatic heterocycles. The van der Waals surface area contributed by atoms with Gasteiger partial charge in [-0.3, -0.25) is 4.79 Å². The summed E-state index contributed by atoms with van der Waals surface area (Å²) in [5.74, 6) is -0.0663. The van der Waals surface area contributed by atoms with Gasteiger partial charge in [-0.05, 0) is 57.4 Å². The van der Waals surface area contributed by atoms with Crippen molar-refractivity contribution in [2.24, 2.45) is 0 Å². The second-order valence-electron chi connectivity index (χ2n) is 8.79. The van der Waals surface area contributed by atoms with Crippen LogP contribution in [0.15, 0.2) is 23.1 Å². The molecule has 0 saturated carbocycles. The maximum Gasteiger partial charge on any atom is 0.253 e. The van der Waals surface area contributed by atoms with E-state index in [2.05, 4.69) is 16.8 Å². The zero-order valence-corrected chi connectivity index (χ0v) is 18.9. The number of anilines is 1. The molecule has 0 aromatic heterocycles. The summed E-state index contributed by atoms with van der Waals surface area (Å²) in [6.45, 7) is 5.92. The van der Waals surface area contributed by atoms with Gasteiger partial charge >= 0.3 is 0 Å². The van der Waals surface area contributed by atoms with E-state index in [1.807, 2.05) is 17.0 Å². The van der Waals surface area contributed by atoms with Gasteiger partial charge in [-0.25, -0.2) is 8.42 Å². The van der Waals surface area contributed by atoms with E-state index in [1.165, 1.54) is 6.42 Å². The van der Waals surface area contributed by atoms with Gasteiger partial charge in [-0.1, -0.05) is 6.42 Å². The predicted octanol–water partition coefficient (Wildman–Crippen LogP) is 2.24. The molecule has 0 radical (unpaired) electrons. The first-order chi connectivity index (χ1) is 14.5. The van der Waals surface area contributed by atoms with Crippen LogP contribution in [0.3, 0.4) is 0 Å². The number of carbonyl (C=O) groups is 1. The van der Waals surface area contributed by atoms with Crippen molar-refractivity contribution in [3.05, 3.63) is 23.8 Å². The lowest BCUT2D eigenvalue weighted by Crippen LogP contribution is -2.47. The molecule has 7 nitrogen and oxygen atoms in total. The average molecular weight is 435 g/mol. The van der Waals surface area contributed by atoms with Gasteiger partial charge in [-0.15, -0.1) is 0 Å². The molecule has 0 N–H and O–H groups in total. The fourth-order valence-electron chi connectivity index (χ4n) is 4.69. The number of hydrogen-bond donors (Lipinski definition) is 0. The summed E-state index contributed by atoms with van der Waals surface area (Å²) < 4.78 is 28.8. The Morgan fingerprint density at radius 3 is 2.03 bits per heavy atom. The van der Waals surface area contributed by atoms with Crippen LogP contribution in [0.2, 0.25) is 0 Å². The minimum Gasteiger partial charge on any atom is -0.370 e. The van der Waals surface area contributed by atoms with Crippen molar-refractivity contribution < 1.29 is 13.2 Å². The molecule has 30 heavy (non-hydrogen) atoms. The summed E-state index contributed by atoms with van der Waals surface area (Å²) in [5.41, 5.74) is 1.24. The minimum absolute atomic E-state index is 0.0663. The molecule has 8 heteroatoms. The number of piperazine rings is 1. The molecule has 0 aliphatic carbocycles. The number of likely N-dealkylation sites (N-methyl/N-ethyl adjacent to an activating group) is 1. The molecule has 1 amide bonds. The van der Waals surface area contributed by atoms with Crippen LogP contribution in [0.25, 0.3) is 0 Å². The molecular weight excluding hydrogens is 400 g/mol. The standard InChI is InChI=1S/C22H34N4O3S/c1-23-14-16-25(17-15-23)22(27)19-8-9-20(24-10-4-2-5-11-24)21(18-19)30(28,29)26-12-6-3-7-13-26/h8-9,18H,2-7,10-17H2,1H3. The highest BCUT2D eigenvalue weighted by molar-refractivity contribution is 7.89. The first-order valence-corrected chi connectivity index (χ1v) is 12.8. The molecule has 4 rings (SSSR count). The Labute approximate surface area is 180 Å². The zero-order chi connectivity index (χ0) is 21.1. The van der Waals surface area contributed by atoms with E-state index in [0.717, 1.165) is 64.0 Å². The molecule has 3 fully saturated rings. The van der Waals surface area contributed by atoms with Crippen molar-refractivity contribution in [2.75, 3.05) is 64.3 Å². The van der Waals surface area contributed by atoms with Crippen LogP contribution in [0.5, 0.6) is 0 Å². The Kier molecular flexibility index (Phi) is 6.65. The summed E-state index contributed by atoms with van der Waals surface area (Å²) in [7, 11) is -1.57. The van der Waals surface area contributed by atoms with E-state index in [0.29, 0.717) is 36.6 Å². The van der Waals surface area contributed by atoms with Crippen molar-refractivity contribution in [3.63, 3.8) is 0 Å². The monoisotopic (exact) mass is 434 g/mol. The molecular formula is C22H34N4O3S. The number of sulfonamides is 1. The highest BCUT2D eigenvalue weighted by Crippen LogP contribution is 2.32. The van der Waals surface area contributed by atoms with Gasteiger partial charge < -0.3 is 14.7 Å². The number of rotatable bonds is 4. The number of benzene rings is 1. The van der Waals surface area contributed by atoms with Gasteiger partial charge in [-0.2, -0.15) is 4.31 Å². The SMILES string of the molecule is CN1CCN(C(=O)c2ccc(N3CCCCC3)c(S(=O)(=O)N3CCCCC3)c2)CC1. The Morgan fingerprint density at radius 1 is 0.800 bits per heavy atom. The number of carbonyl (C=O) groups excluding carboxylic acids is 1. The lowest BCUT2D eigenvalue weighted by atomic mass is 10.1. The summed E-state index contributed by atoms with van der Waals surface area (Å²) in [5, 5.41) is 0. The molecule has 1 aromatic carbocycles. The van der Waals surface area contributed by atoms with Gasteiger partial charge in [0.1, 0.15) is 4.90 Å². The molecule has 3 heterocycles. The minimum atomic E-state index is -3.62. The lowest BCUT2D eigenvalue weighted by Gasteiger charge is -2.34. The van der Waals surface area contributed by atoms with Crippen LogP contribution in [-0.4, -0.2) is 87.8 Å². The predicted molar refractivity (Wildman–Crippen MR) is 119 cm³/mol. The Bertz CT molecular complexity index is 853. The third-order valence-electron chi connectivity index (χ3n) is 6.63. The Hall–Kier alpha value is -1.64. The van der Waals surface area contributed by atoms with Crippen LogP contribution in [-0.2, 0) is 10.0 Å². The van der Waals surface area contributed by atoms with E-state index < -0.39 is 10.0 Å². The van der Waals surface area contributed by atoms with Crippen LogP contribution in [0, 0.1) is 0 Å². The number of amides is 1. The fraction of sp³-hybridized carbons (Fsp3) is 0.682. The summed E-state index contributed by atoms with van der Waals surface area (Å²) in [6.07, 6.45) is 6.21. The smallest absolute Gasteiger partial charge is 0.253 e. The van der Waals surface area contributed by atoms with Crippen LogP contribution in [0.1, 0.15) is 48.9 Å². The fourth-order valence-corrected chi connectivity index (χ4v) is 6.44. The van der Waals surface area contributed by atoms with E-state index in [9.17, 15) is 13.2 Å². The second kappa shape index (κ2) is 9.24. The number of nitrogens with zero attached hydrogens (tertiary/aromatic N) is 4. The van der Waals surface area contributed by atoms with E-state index in [-0.39, 0.29) is 5.91 Å². The quantitative estimate of drug-likeness (QED) is 0.727. The molecule has 0 spiro atoms. The van der Waals surface area contributed by atoms with Gasteiger partial charge in [0.25, 0.3) is 5.91 Å². The van der Waals surface area contributed by atoms with E-state index >= 15 is 0 Å². The largest absolute Gasteiger partial charge is 0.370 e. The van der Waals surface area contributed by atoms with Crippen molar-refractivity contribution in [2.45, 2.75) is 43.4 Å². The maximum absolute atomic E-state index is 13.6. The first kappa shape index (κ1) is 21.6. The topological polar surface area (TPSA) is 64.2 Å². The van der Waals surface area contributed by atoms with Gasteiger partial charge in [0.05, 0.1) is 5.69 Å². The zero-order valence-electron chi connectivity index (χ0n) is 18.1. The number of piperidine rings is 2. The van der Waals surface area contributed by atoms with E-state index in [1.54, 1.807) is 10.4 Å². The van der Waals surface area contributed by atoms with Crippen molar-refractivity contribution in [3.8, 4) is 0 Å². The summed E-state index contributed by atoms with van der Waals surface area (Å²) in [6, 6.07) is 5.33. The van der Waals surface area contributed by atoms with E-state index in [4.69, 9.17) is 0 Å². The Balaban J connectivity index is 1.68. The van der Waals surface area contributed by atoms with Gasteiger partial charge in [0, 0.05) is 57.9 Å². The molecule has 166 valence electrons. The third kappa shape index (κ3) is 4.50. The molecule has 3 saturated heterocycles. The third-order valence-corrected chi connectivity index (χ3v) is 8.55.